The summed E-state index contributed by atoms with van der Waals surface area (Å²) in [6, 6.07) is 6.95. The summed E-state index contributed by atoms with van der Waals surface area (Å²) in [6.45, 7) is 1.82. The molecule has 1 aliphatic rings. The van der Waals surface area contributed by atoms with E-state index in [4.69, 9.17) is 11.6 Å². The summed E-state index contributed by atoms with van der Waals surface area (Å²) in [6.07, 6.45) is 5.43. The molecule has 1 aliphatic heterocycles. The van der Waals surface area contributed by atoms with Gasteiger partial charge < -0.3 is 10.4 Å². The lowest BCUT2D eigenvalue weighted by Gasteiger charge is -2.32. The number of likely N-dealkylation sites (tertiary alicyclic amines) is 1. The Hall–Kier alpha value is -2.51. The van der Waals surface area contributed by atoms with E-state index < -0.39 is 0 Å². The molecule has 2 aromatic heterocycles. The first kappa shape index (κ1) is 18.8. The number of phenolic OH excluding ortho intramolecular Hbond substituents is 1. The predicted molar refractivity (Wildman–Crippen MR) is 109 cm³/mol. The number of piperidine rings is 1. The third-order valence-corrected chi connectivity index (χ3v) is 5.28. The summed E-state index contributed by atoms with van der Waals surface area (Å²) in [5.74, 6) is 0.696. The summed E-state index contributed by atoms with van der Waals surface area (Å²) < 4.78 is 12.7. The number of rotatable bonds is 5. The summed E-state index contributed by atoms with van der Waals surface area (Å²) >= 11 is 5.95. The van der Waals surface area contributed by atoms with Crippen LogP contribution in [-0.2, 0) is 0 Å². The summed E-state index contributed by atoms with van der Waals surface area (Å²) in [5, 5.41) is 24.6. The van der Waals surface area contributed by atoms with Gasteiger partial charge in [-0.15, -0.1) is 10.2 Å². The molecular formula is C20H21ClFN5O. The minimum atomic E-state index is -0.335. The van der Waals surface area contributed by atoms with Crippen molar-refractivity contribution in [3.8, 4) is 17.0 Å². The van der Waals surface area contributed by atoms with Crippen LogP contribution >= 0.6 is 11.6 Å². The largest absolute Gasteiger partial charge is 0.507 e. The summed E-state index contributed by atoms with van der Waals surface area (Å²) in [4.78, 5) is 6.35. The maximum Gasteiger partial charge on any atom is 0.158 e. The van der Waals surface area contributed by atoms with Crippen molar-refractivity contribution in [1.29, 1.82) is 0 Å². The third kappa shape index (κ3) is 3.86. The van der Waals surface area contributed by atoms with Gasteiger partial charge in [-0.2, -0.15) is 0 Å². The second kappa shape index (κ2) is 8.24. The van der Waals surface area contributed by atoms with Crippen LogP contribution in [-0.4, -0.2) is 57.5 Å². The highest BCUT2D eigenvalue weighted by Gasteiger charge is 2.21. The average Bonchev–Trinajstić information content (AvgIpc) is 2.69. The van der Waals surface area contributed by atoms with Crippen LogP contribution in [0.3, 0.4) is 0 Å². The fourth-order valence-corrected chi connectivity index (χ4v) is 3.86. The van der Waals surface area contributed by atoms with Crippen molar-refractivity contribution >= 4 is 28.2 Å². The standard InChI is InChI=1S/C20H21ClFN5O/c21-13-3-4-16(18(28)10-13)19-15-5-7-23-11-17(15)20(26-25-19)24-14-2-1-8-27(12-14)9-6-22/h3-5,7,10-11,14,28H,1-2,6,8-9,12H2,(H,24,26)/t14-/m1/s1. The lowest BCUT2D eigenvalue weighted by Crippen LogP contribution is -2.43. The van der Waals surface area contributed by atoms with Crippen LogP contribution in [0.2, 0.25) is 5.02 Å². The highest BCUT2D eigenvalue weighted by molar-refractivity contribution is 6.30. The Kier molecular flexibility index (Phi) is 5.54. The second-order valence-electron chi connectivity index (χ2n) is 6.95. The number of alkyl halides is 1. The number of nitrogens with one attached hydrogen (secondary N) is 1. The highest BCUT2D eigenvalue weighted by atomic mass is 35.5. The number of benzene rings is 1. The number of halogens is 2. The fourth-order valence-electron chi connectivity index (χ4n) is 3.70. The number of pyridine rings is 1. The number of hydrogen-bond acceptors (Lipinski definition) is 6. The normalized spacial score (nSPS) is 17.7. The maximum absolute atomic E-state index is 12.7. The molecule has 0 saturated carbocycles. The van der Waals surface area contributed by atoms with Gasteiger partial charge in [0.2, 0.25) is 0 Å². The van der Waals surface area contributed by atoms with Crippen LogP contribution in [0.4, 0.5) is 10.2 Å². The molecule has 2 N–H and O–H groups in total. The van der Waals surface area contributed by atoms with Gasteiger partial charge in [-0.1, -0.05) is 11.6 Å². The SMILES string of the molecule is Oc1cc(Cl)ccc1-c1nnc(N[C@@H]2CCCN(CCF)C2)c2cnccc12. The number of aromatic nitrogens is 3. The molecule has 3 aromatic rings. The van der Waals surface area contributed by atoms with E-state index >= 15 is 0 Å². The summed E-state index contributed by atoms with van der Waals surface area (Å²) in [5.41, 5.74) is 1.13. The molecule has 8 heteroatoms. The molecule has 3 heterocycles. The van der Waals surface area contributed by atoms with Crippen molar-refractivity contribution in [2.24, 2.45) is 0 Å². The van der Waals surface area contributed by atoms with E-state index in [-0.39, 0.29) is 18.5 Å². The predicted octanol–water partition coefficient (Wildman–Crippen LogP) is 3.90. The van der Waals surface area contributed by atoms with E-state index in [1.807, 2.05) is 6.07 Å². The number of nitrogens with zero attached hydrogens (tertiary/aromatic N) is 4. The molecule has 0 aliphatic carbocycles. The first-order chi connectivity index (χ1) is 13.7. The van der Waals surface area contributed by atoms with Gasteiger partial charge in [0.15, 0.2) is 5.82 Å². The zero-order valence-corrected chi connectivity index (χ0v) is 16.0. The number of phenols is 1. The van der Waals surface area contributed by atoms with Crippen LogP contribution in [0, 0.1) is 0 Å². The minimum Gasteiger partial charge on any atom is -0.507 e. The highest BCUT2D eigenvalue weighted by Crippen LogP contribution is 2.35. The number of fused-ring (bicyclic) bond motifs is 1. The quantitative estimate of drug-likeness (QED) is 0.675. The lowest BCUT2D eigenvalue weighted by molar-refractivity contribution is 0.200. The molecule has 28 heavy (non-hydrogen) atoms. The van der Waals surface area contributed by atoms with Gasteiger partial charge in [-0.3, -0.25) is 9.88 Å². The molecule has 0 bridgehead atoms. The van der Waals surface area contributed by atoms with Gasteiger partial charge in [-0.25, -0.2) is 4.39 Å². The Balaban J connectivity index is 1.68. The Labute approximate surface area is 167 Å². The van der Waals surface area contributed by atoms with Crippen LogP contribution in [0.25, 0.3) is 22.0 Å². The van der Waals surface area contributed by atoms with Gasteiger partial charge in [0.05, 0.1) is 0 Å². The molecule has 6 nitrogen and oxygen atoms in total. The van der Waals surface area contributed by atoms with Gasteiger partial charge in [0, 0.05) is 52.9 Å². The van der Waals surface area contributed by atoms with Crippen LogP contribution in [0.1, 0.15) is 12.8 Å². The maximum atomic E-state index is 12.7. The molecule has 1 atom stereocenters. The smallest absolute Gasteiger partial charge is 0.158 e. The average molecular weight is 402 g/mol. The van der Waals surface area contributed by atoms with E-state index in [1.54, 1.807) is 24.5 Å². The van der Waals surface area contributed by atoms with E-state index in [2.05, 4.69) is 25.4 Å². The van der Waals surface area contributed by atoms with Crippen LogP contribution < -0.4 is 5.32 Å². The number of aromatic hydroxyl groups is 1. The molecule has 1 saturated heterocycles. The molecule has 4 rings (SSSR count). The summed E-state index contributed by atoms with van der Waals surface area (Å²) in [7, 11) is 0. The van der Waals surface area contributed by atoms with Crippen molar-refractivity contribution < 1.29 is 9.50 Å². The third-order valence-electron chi connectivity index (χ3n) is 5.04. The zero-order valence-electron chi connectivity index (χ0n) is 15.3. The lowest BCUT2D eigenvalue weighted by atomic mass is 10.0. The molecule has 0 radical (unpaired) electrons. The Bertz CT molecular complexity index is 984. The van der Waals surface area contributed by atoms with Crippen molar-refractivity contribution in [1.82, 2.24) is 20.1 Å². The van der Waals surface area contributed by atoms with Gasteiger partial charge >= 0.3 is 0 Å². The van der Waals surface area contributed by atoms with Crippen LogP contribution in [0.5, 0.6) is 5.75 Å². The van der Waals surface area contributed by atoms with Crippen LogP contribution in [0.15, 0.2) is 36.7 Å². The van der Waals surface area contributed by atoms with Gasteiger partial charge in [0.1, 0.15) is 18.1 Å². The van der Waals surface area contributed by atoms with Crippen molar-refractivity contribution in [3.05, 3.63) is 41.7 Å². The first-order valence-corrected chi connectivity index (χ1v) is 9.67. The fraction of sp³-hybridized carbons (Fsp3) is 0.350. The number of anilines is 1. The molecule has 0 spiro atoms. The van der Waals surface area contributed by atoms with Crippen molar-refractivity contribution in [2.75, 3.05) is 31.6 Å². The van der Waals surface area contributed by atoms with Crippen molar-refractivity contribution in [3.63, 3.8) is 0 Å². The Morgan fingerprint density at radius 2 is 2.14 bits per heavy atom. The molecule has 146 valence electrons. The van der Waals surface area contributed by atoms with Gasteiger partial charge in [-0.05, 0) is 43.7 Å². The van der Waals surface area contributed by atoms with E-state index in [9.17, 15) is 9.50 Å². The molecular weight excluding hydrogens is 381 g/mol. The topological polar surface area (TPSA) is 74.2 Å². The van der Waals surface area contributed by atoms with Crippen molar-refractivity contribution in [2.45, 2.75) is 18.9 Å². The van der Waals surface area contributed by atoms with E-state index in [0.29, 0.717) is 28.6 Å². The monoisotopic (exact) mass is 401 g/mol. The first-order valence-electron chi connectivity index (χ1n) is 9.30. The zero-order chi connectivity index (χ0) is 19.5. The van der Waals surface area contributed by atoms with Gasteiger partial charge in [0.25, 0.3) is 0 Å². The Morgan fingerprint density at radius 3 is 2.96 bits per heavy atom. The number of hydrogen-bond donors (Lipinski definition) is 2. The minimum absolute atomic E-state index is 0.0507. The van der Waals surface area contributed by atoms with E-state index in [0.717, 1.165) is 36.7 Å². The van der Waals surface area contributed by atoms with E-state index in [1.165, 1.54) is 6.07 Å². The molecule has 0 unspecified atom stereocenters. The second-order valence-corrected chi connectivity index (χ2v) is 7.39. The molecule has 0 amide bonds. The molecule has 1 aromatic carbocycles. The Morgan fingerprint density at radius 1 is 1.25 bits per heavy atom. The molecule has 1 fully saturated rings.